The van der Waals surface area contributed by atoms with Crippen LogP contribution >= 0.6 is 69.6 Å². The molecule has 9 heteroatoms. The van der Waals surface area contributed by atoms with E-state index in [-0.39, 0.29) is 36.8 Å². The van der Waals surface area contributed by atoms with E-state index in [1.165, 1.54) is 5.56 Å². The Morgan fingerprint density at radius 1 is 0.617 bits per heavy atom. The van der Waals surface area contributed by atoms with Gasteiger partial charge in [0.1, 0.15) is 0 Å². The number of allylic oxidation sites excluding steroid dienone is 4. The largest absolute Gasteiger partial charge is 0.311 e. The van der Waals surface area contributed by atoms with Crippen LogP contribution in [0, 0.1) is 0 Å². The maximum atomic E-state index is 13.8. The van der Waals surface area contributed by atoms with Crippen molar-refractivity contribution in [3.8, 4) is 0 Å². The quantitative estimate of drug-likeness (QED) is 0.0783. The van der Waals surface area contributed by atoms with E-state index in [0.717, 1.165) is 70.7 Å². The Hall–Kier alpha value is -3.02. The zero-order chi connectivity index (χ0) is 32.8. The molecule has 1 fully saturated rings. The van der Waals surface area contributed by atoms with Crippen LogP contribution in [-0.2, 0) is 5.41 Å². The minimum Gasteiger partial charge on any atom is -0.311 e. The van der Waals surface area contributed by atoms with Crippen molar-refractivity contribution >= 4 is 114 Å². The third-order valence-electron chi connectivity index (χ3n) is 9.83. The molecule has 0 N–H and O–H groups in total. The van der Waals surface area contributed by atoms with Gasteiger partial charge in [-0.05, 0) is 53.5 Å². The summed E-state index contributed by atoms with van der Waals surface area (Å²) in [6, 6.07) is 22.4. The number of Topliss-reactive ketones (excluding diaryl/α,β-unsaturated/α-hetero) is 2. The summed E-state index contributed by atoms with van der Waals surface area (Å²) in [6.07, 6.45) is 8.42. The van der Waals surface area contributed by atoms with Crippen LogP contribution in [0.15, 0.2) is 90.2 Å². The van der Waals surface area contributed by atoms with E-state index in [4.69, 9.17) is 69.6 Å². The standard InChI is InChI=1S/C38H23Cl6NO2/c39-24-18-25(40)35(22-11-5-4-10-21(22)24)45-26-14-12-19-8-2-3-9-20(19)30(26)38(16-6-1-7-17-38)27(45)15-13-23-36(46)28-29(37(23)47)32(42)34(44)33(43)31(28)41/h2-5,8-15,18H,1,6-7,16-17H2/b27-15-. The fourth-order valence-electron chi connectivity index (χ4n) is 7.81. The molecule has 1 heterocycles. The van der Waals surface area contributed by atoms with E-state index in [1.807, 2.05) is 36.4 Å². The van der Waals surface area contributed by atoms with Gasteiger partial charge in [-0.15, -0.1) is 0 Å². The summed E-state index contributed by atoms with van der Waals surface area (Å²) >= 11 is 39.4. The number of fused-ring (bicyclic) bond motifs is 6. The van der Waals surface area contributed by atoms with E-state index >= 15 is 0 Å². The first-order chi connectivity index (χ1) is 22.7. The van der Waals surface area contributed by atoms with Crippen LogP contribution in [-0.4, -0.2) is 11.6 Å². The van der Waals surface area contributed by atoms with Gasteiger partial charge in [0.15, 0.2) is 11.6 Å². The molecule has 5 aromatic rings. The fraction of sp³-hybridized carbons (Fsp3) is 0.158. The molecule has 1 aliphatic heterocycles. The molecule has 0 atom stereocenters. The average molecular weight is 738 g/mol. The van der Waals surface area contributed by atoms with Crippen molar-refractivity contribution in [1.29, 1.82) is 0 Å². The lowest BCUT2D eigenvalue weighted by Gasteiger charge is -2.37. The number of carbonyl (C=O) groups excluding carboxylic acids is 2. The van der Waals surface area contributed by atoms with Crippen molar-refractivity contribution in [2.75, 3.05) is 4.90 Å². The molecule has 1 saturated carbocycles. The smallest absolute Gasteiger partial charge is 0.199 e. The number of rotatable bonds is 2. The van der Waals surface area contributed by atoms with E-state index in [0.29, 0.717) is 10.0 Å². The van der Waals surface area contributed by atoms with Gasteiger partial charge in [-0.25, -0.2) is 0 Å². The molecule has 1 spiro atoms. The number of anilines is 2. The zero-order valence-corrected chi connectivity index (χ0v) is 29.1. The first-order valence-electron chi connectivity index (χ1n) is 15.2. The van der Waals surface area contributed by atoms with Crippen molar-refractivity contribution in [1.82, 2.24) is 0 Å². The molecular formula is C38H23Cl6NO2. The Bertz CT molecular complexity index is 2250. The van der Waals surface area contributed by atoms with Gasteiger partial charge in [0, 0.05) is 21.9 Å². The Kier molecular flexibility index (Phi) is 7.68. The van der Waals surface area contributed by atoms with Gasteiger partial charge < -0.3 is 4.90 Å². The van der Waals surface area contributed by atoms with Crippen molar-refractivity contribution in [2.45, 2.75) is 37.5 Å². The Morgan fingerprint density at radius 2 is 1.21 bits per heavy atom. The van der Waals surface area contributed by atoms with Crippen LogP contribution in [0.3, 0.4) is 0 Å². The van der Waals surface area contributed by atoms with Gasteiger partial charge in [-0.3, -0.25) is 9.59 Å². The average Bonchev–Trinajstić information content (AvgIpc) is 3.48. The van der Waals surface area contributed by atoms with Crippen molar-refractivity contribution in [3.63, 3.8) is 0 Å². The molecule has 2 aliphatic carbocycles. The highest BCUT2D eigenvalue weighted by Gasteiger charge is 2.50. The SMILES string of the molecule is O=C1C(=C/C=C2\N(c3c(Cl)cc(Cl)c4ccccc34)c3ccc4ccccc4c3C23CCCCC3)C(=O)c2c(Cl)c(Cl)c(Cl)c(Cl)c21. The van der Waals surface area contributed by atoms with Crippen LogP contribution in [0.1, 0.15) is 58.4 Å². The molecule has 0 amide bonds. The molecule has 234 valence electrons. The Morgan fingerprint density at radius 3 is 1.87 bits per heavy atom. The minimum absolute atomic E-state index is 0.0302. The van der Waals surface area contributed by atoms with Gasteiger partial charge in [0.25, 0.3) is 0 Å². The normalized spacial score (nSPS) is 17.8. The molecule has 0 unspecified atom stereocenters. The van der Waals surface area contributed by atoms with Crippen LogP contribution in [0.2, 0.25) is 30.1 Å². The van der Waals surface area contributed by atoms with Gasteiger partial charge in [0.05, 0.1) is 58.2 Å². The summed E-state index contributed by atoms with van der Waals surface area (Å²) in [6.45, 7) is 0. The van der Waals surface area contributed by atoms with Crippen LogP contribution in [0.25, 0.3) is 21.5 Å². The summed E-state index contributed by atoms with van der Waals surface area (Å²) in [5.41, 5.74) is 3.38. The lowest BCUT2D eigenvalue weighted by molar-refractivity contribution is 0.0989. The third-order valence-corrected chi connectivity index (χ3v) is 12.2. The number of halogens is 6. The molecule has 8 rings (SSSR count). The molecular weight excluding hydrogens is 715 g/mol. The summed E-state index contributed by atoms with van der Waals surface area (Å²) < 4.78 is 0. The zero-order valence-electron chi connectivity index (χ0n) is 24.6. The lowest BCUT2D eigenvalue weighted by atomic mass is 9.67. The molecule has 3 nitrogen and oxygen atoms in total. The van der Waals surface area contributed by atoms with Gasteiger partial charge in [-0.2, -0.15) is 0 Å². The van der Waals surface area contributed by atoms with Gasteiger partial charge in [0.2, 0.25) is 0 Å². The monoisotopic (exact) mass is 735 g/mol. The Balaban J connectivity index is 1.44. The highest BCUT2D eigenvalue weighted by molar-refractivity contribution is 6.57. The van der Waals surface area contributed by atoms with Gasteiger partial charge >= 0.3 is 0 Å². The molecule has 0 aromatic heterocycles. The Labute approximate surface area is 301 Å². The van der Waals surface area contributed by atoms with E-state index in [1.54, 1.807) is 12.1 Å². The molecule has 5 aromatic carbocycles. The third kappa shape index (κ3) is 4.48. The molecule has 0 bridgehead atoms. The first-order valence-corrected chi connectivity index (χ1v) is 17.5. The van der Waals surface area contributed by atoms with Gasteiger partial charge in [-0.1, -0.05) is 143 Å². The number of ketones is 2. The number of nitrogens with zero attached hydrogens (tertiary/aromatic N) is 1. The molecule has 0 saturated heterocycles. The second-order valence-corrected chi connectivity index (χ2v) is 14.5. The number of hydrogen-bond donors (Lipinski definition) is 0. The number of hydrogen-bond acceptors (Lipinski definition) is 3. The highest BCUT2D eigenvalue weighted by Crippen LogP contribution is 2.61. The molecule has 3 aliphatic rings. The maximum absolute atomic E-state index is 13.8. The second kappa shape index (κ2) is 11.6. The second-order valence-electron chi connectivity index (χ2n) is 12.2. The summed E-state index contributed by atoms with van der Waals surface area (Å²) in [5.74, 6) is -1.10. The summed E-state index contributed by atoms with van der Waals surface area (Å²) in [7, 11) is 0. The van der Waals surface area contributed by atoms with Crippen molar-refractivity contribution < 1.29 is 9.59 Å². The predicted molar refractivity (Wildman–Crippen MR) is 196 cm³/mol. The van der Waals surface area contributed by atoms with Crippen molar-refractivity contribution in [3.05, 3.63) is 137 Å². The topological polar surface area (TPSA) is 37.4 Å². The highest BCUT2D eigenvalue weighted by atomic mass is 35.5. The first kappa shape index (κ1) is 31.3. The maximum Gasteiger partial charge on any atom is 0.199 e. The fourth-order valence-corrected chi connectivity index (χ4v) is 9.46. The van der Waals surface area contributed by atoms with Crippen molar-refractivity contribution in [2.24, 2.45) is 0 Å². The molecule has 47 heavy (non-hydrogen) atoms. The van der Waals surface area contributed by atoms with Crippen LogP contribution in [0.4, 0.5) is 11.4 Å². The van der Waals surface area contributed by atoms with E-state index < -0.39 is 17.0 Å². The number of carbonyl (C=O) groups is 2. The van der Waals surface area contributed by atoms with Crippen LogP contribution < -0.4 is 4.90 Å². The number of benzene rings is 5. The molecule has 0 radical (unpaired) electrons. The van der Waals surface area contributed by atoms with E-state index in [9.17, 15) is 9.59 Å². The van der Waals surface area contributed by atoms with E-state index in [2.05, 4.69) is 35.2 Å². The lowest BCUT2D eigenvalue weighted by Crippen LogP contribution is -2.32. The summed E-state index contributed by atoms with van der Waals surface area (Å²) in [4.78, 5) is 29.8. The minimum atomic E-state index is -0.549. The van der Waals surface area contributed by atoms with Crippen LogP contribution in [0.5, 0.6) is 0 Å². The summed E-state index contributed by atoms with van der Waals surface area (Å²) in [5, 5.41) is 4.79. The predicted octanol–water partition coefficient (Wildman–Crippen LogP) is 13.2.